The highest BCUT2D eigenvalue weighted by atomic mass is 16.5. The van der Waals surface area contributed by atoms with Crippen molar-refractivity contribution in [1.29, 1.82) is 0 Å². The number of amides is 1. The van der Waals surface area contributed by atoms with E-state index in [1.807, 2.05) is 30.3 Å². The van der Waals surface area contributed by atoms with Gasteiger partial charge in [0.2, 0.25) is 0 Å². The third-order valence-electron chi connectivity index (χ3n) is 4.91. The van der Waals surface area contributed by atoms with Crippen LogP contribution in [0.3, 0.4) is 0 Å². The highest BCUT2D eigenvalue weighted by molar-refractivity contribution is 5.91. The van der Waals surface area contributed by atoms with Crippen molar-refractivity contribution in [3.8, 4) is 11.5 Å². The molecule has 0 aliphatic carbocycles. The average molecular weight is 431 g/mol. The Morgan fingerprint density at radius 2 is 1.72 bits per heavy atom. The van der Waals surface area contributed by atoms with E-state index in [1.54, 1.807) is 48.5 Å². The van der Waals surface area contributed by atoms with Crippen LogP contribution in [0.5, 0.6) is 11.5 Å². The molecule has 0 aromatic heterocycles. The summed E-state index contributed by atoms with van der Waals surface area (Å²) < 4.78 is 10.9. The number of rotatable bonds is 9. The van der Waals surface area contributed by atoms with E-state index < -0.39 is 5.97 Å². The van der Waals surface area contributed by atoms with E-state index >= 15 is 0 Å². The first-order chi connectivity index (χ1) is 15.5. The van der Waals surface area contributed by atoms with Gasteiger partial charge < -0.3 is 9.47 Å². The zero-order valence-corrected chi connectivity index (χ0v) is 18.2. The Labute approximate surface area is 187 Å². The number of nitrogens with one attached hydrogen (secondary N) is 1. The maximum absolute atomic E-state index is 12.2. The van der Waals surface area contributed by atoms with Crippen molar-refractivity contribution in [3.05, 3.63) is 95.6 Å². The number of benzene rings is 3. The molecule has 164 valence electrons. The molecule has 3 rings (SSSR count). The monoisotopic (exact) mass is 430 g/mol. The Kier molecular flexibility index (Phi) is 8.15. The van der Waals surface area contributed by atoms with Gasteiger partial charge in [-0.3, -0.25) is 4.79 Å². The molecule has 1 unspecified atom stereocenters. The van der Waals surface area contributed by atoms with E-state index in [9.17, 15) is 9.59 Å². The van der Waals surface area contributed by atoms with Crippen LogP contribution >= 0.6 is 0 Å². The van der Waals surface area contributed by atoms with Gasteiger partial charge in [0.15, 0.2) is 6.61 Å². The maximum atomic E-state index is 12.2. The van der Waals surface area contributed by atoms with Gasteiger partial charge in [0.1, 0.15) is 11.5 Å². The molecular weight excluding hydrogens is 404 g/mol. The number of hydrogen-bond donors (Lipinski definition) is 1. The second-order valence-electron chi connectivity index (χ2n) is 7.29. The SMILES string of the molecule is CCC(C)c1ccc(OCC(=O)NN=Cc2cccc(OC(=O)c3ccccc3)c2)cc1. The van der Waals surface area contributed by atoms with Crippen LogP contribution < -0.4 is 14.9 Å². The molecule has 0 heterocycles. The molecule has 0 saturated carbocycles. The van der Waals surface area contributed by atoms with E-state index in [2.05, 4.69) is 24.4 Å². The third-order valence-corrected chi connectivity index (χ3v) is 4.91. The zero-order valence-electron chi connectivity index (χ0n) is 18.2. The van der Waals surface area contributed by atoms with Crippen LogP contribution in [0.1, 0.15) is 47.7 Å². The largest absolute Gasteiger partial charge is 0.484 e. The van der Waals surface area contributed by atoms with Crippen molar-refractivity contribution in [2.24, 2.45) is 5.10 Å². The summed E-state index contributed by atoms with van der Waals surface area (Å²) in [6, 6.07) is 23.3. The van der Waals surface area contributed by atoms with E-state index in [4.69, 9.17) is 9.47 Å². The Morgan fingerprint density at radius 1 is 0.969 bits per heavy atom. The lowest BCUT2D eigenvalue weighted by atomic mass is 9.99. The van der Waals surface area contributed by atoms with Crippen LogP contribution in [-0.2, 0) is 4.79 Å². The Bertz CT molecular complexity index is 1060. The van der Waals surface area contributed by atoms with E-state index in [0.29, 0.717) is 28.5 Å². The number of hydrazone groups is 1. The van der Waals surface area contributed by atoms with Gasteiger partial charge in [-0.25, -0.2) is 10.2 Å². The maximum Gasteiger partial charge on any atom is 0.343 e. The topological polar surface area (TPSA) is 77.0 Å². The van der Waals surface area contributed by atoms with E-state index in [0.717, 1.165) is 6.42 Å². The molecule has 0 spiro atoms. The molecule has 0 saturated heterocycles. The van der Waals surface area contributed by atoms with E-state index in [1.165, 1.54) is 11.8 Å². The van der Waals surface area contributed by atoms with Gasteiger partial charge in [0.25, 0.3) is 5.91 Å². The number of nitrogens with zero attached hydrogens (tertiary/aromatic N) is 1. The van der Waals surface area contributed by atoms with Gasteiger partial charge in [0.05, 0.1) is 11.8 Å². The minimum absolute atomic E-state index is 0.144. The molecule has 32 heavy (non-hydrogen) atoms. The fraction of sp³-hybridized carbons (Fsp3) is 0.192. The van der Waals surface area contributed by atoms with Crippen molar-refractivity contribution in [1.82, 2.24) is 5.43 Å². The molecule has 3 aromatic carbocycles. The molecule has 1 amide bonds. The molecule has 6 heteroatoms. The summed E-state index contributed by atoms with van der Waals surface area (Å²) in [5.74, 6) is 0.686. The Hall–Kier alpha value is -3.93. The van der Waals surface area contributed by atoms with Crippen LogP contribution in [0.4, 0.5) is 0 Å². The van der Waals surface area contributed by atoms with Crippen LogP contribution in [0.15, 0.2) is 84.0 Å². The standard InChI is InChI=1S/C26H26N2O4/c1-3-19(2)21-12-14-23(15-13-21)31-18-25(29)28-27-17-20-8-7-11-24(16-20)32-26(30)22-9-5-4-6-10-22/h4-17,19H,3,18H2,1-2H3,(H,28,29). The summed E-state index contributed by atoms with van der Waals surface area (Å²) in [6.07, 6.45) is 2.54. The summed E-state index contributed by atoms with van der Waals surface area (Å²) in [6.45, 7) is 4.17. The van der Waals surface area contributed by atoms with Crippen molar-refractivity contribution in [2.75, 3.05) is 6.61 Å². The van der Waals surface area contributed by atoms with Crippen LogP contribution in [0.25, 0.3) is 0 Å². The van der Waals surface area contributed by atoms with Gasteiger partial charge in [-0.1, -0.05) is 56.3 Å². The summed E-state index contributed by atoms with van der Waals surface area (Å²) in [7, 11) is 0. The fourth-order valence-corrected chi connectivity index (χ4v) is 2.89. The van der Waals surface area contributed by atoms with Crippen molar-refractivity contribution in [3.63, 3.8) is 0 Å². The highest BCUT2D eigenvalue weighted by Crippen LogP contribution is 2.21. The number of esters is 1. The van der Waals surface area contributed by atoms with Crippen molar-refractivity contribution >= 4 is 18.1 Å². The number of hydrogen-bond acceptors (Lipinski definition) is 5. The molecule has 1 N–H and O–H groups in total. The minimum atomic E-state index is -0.442. The van der Waals surface area contributed by atoms with Gasteiger partial charge in [0, 0.05) is 0 Å². The van der Waals surface area contributed by atoms with Gasteiger partial charge in [-0.2, -0.15) is 5.10 Å². The predicted molar refractivity (Wildman–Crippen MR) is 124 cm³/mol. The molecule has 3 aromatic rings. The molecule has 0 fully saturated rings. The van der Waals surface area contributed by atoms with E-state index in [-0.39, 0.29) is 12.5 Å². The predicted octanol–water partition coefficient (Wildman–Crippen LogP) is 4.95. The molecule has 1 atom stereocenters. The second-order valence-corrected chi connectivity index (χ2v) is 7.29. The molecule has 0 radical (unpaired) electrons. The molecule has 6 nitrogen and oxygen atoms in total. The molecule has 0 bridgehead atoms. The summed E-state index contributed by atoms with van der Waals surface area (Å²) in [5.41, 5.74) is 4.80. The lowest BCUT2D eigenvalue weighted by Gasteiger charge is -2.10. The smallest absolute Gasteiger partial charge is 0.343 e. The lowest BCUT2D eigenvalue weighted by Crippen LogP contribution is -2.24. The Morgan fingerprint density at radius 3 is 2.44 bits per heavy atom. The van der Waals surface area contributed by atoms with Crippen molar-refractivity contribution in [2.45, 2.75) is 26.2 Å². The first kappa shape index (κ1) is 22.7. The van der Waals surface area contributed by atoms with Crippen molar-refractivity contribution < 1.29 is 19.1 Å². The third kappa shape index (κ3) is 6.80. The normalized spacial score (nSPS) is 11.7. The molecular formula is C26H26N2O4. The molecule has 0 aliphatic rings. The quantitative estimate of drug-likeness (QED) is 0.226. The van der Waals surface area contributed by atoms with Gasteiger partial charge >= 0.3 is 5.97 Å². The summed E-state index contributed by atoms with van der Waals surface area (Å²) in [5, 5.41) is 3.94. The van der Waals surface area contributed by atoms with Crippen LogP contribution in [0.2, 0.25) is 0 Å². The van der Waals surface area contributed by atoms with Gasteiger partial charge in [-0.05, 0) is 59.9 Å². The lowest BCUT2D eigenvalue weighted by molar-refractivity contribution is -0.123. The molecule has 0 aliphatic heterocycles. The highest BCUT2D eigenvalue weighted by Gasteiger charge is 2.08. The Balaban J connectivity index is 1.47. The zero-order chi connectivity index (χ0) is 22.8. The van der Waals surface area contributed by atoms with Crippen LogP contribution in [0, 0.1) is 0 Å². The fourth-order valence-electron chi connectivity index (χ4n) is 2.89. The first-order valence-electron chi connectivity index (χ1n) is 10.5. The minimum Gasteiger partial charge on any atom is -0.484 e. The number of ether oxygens (including phenoxy) is 2. The summed E-state index contributed by atoms with van der Waals surface area (Å²) in [4.78, 5) is 24.1. The first-order valence-corrected chi connectivity index (χ1v) is 10.5. The van der Waals surface area contributed by atoms with Gasteiger partial charge in [-0.15, -0.1) is 0 Å². The summed E-state index contributed by atoms with van der Waals surface area (Å²) >= 11 is 0. The average Bonchev–Trinajstić information content (AvgIpc) is 2.83. The number of carbonyl (C=O) groups is 2. The number of carbonyl (C=O) groups excluding carboxylic acids is 2. The second kappa shape index (κ2) is 11.5. The van der Waals surface area contributed by atoms with Crippen LogP contribution in [-0.4, -0.2) is 24.7 Å².